The standard InChI is InChI=1S/C66H72N6O6/c1-8-69(9-2)34-35-72-61-20-14-45(43(4)74)37-52(61)54-39-49(18-24-62(54)72)66(78)28-26-64(76)47-16-22-58-56(41-47)55-40-46(15-21-57(55)70(58)32-11-30-67(5)6)63(75)25-27-65(77)48-17-23-60-53(38-48)51-36-44(42(3)73)13-19-59(51)71(60)33-29-50-12-10-31-68(50)7/h13-24,36-41,50H,8-12,25-35H2,1-7H3. The van der Waals surface area contributed by atoms with Gasteiger partial charge in [0.05, 0.1) is 0 Å². The zero-order valence-electron chi connectivity index (χ0n) is 46.4. The van der Waals surface area contributed by atoms with Crippen molar-refractivity contribution in [2.45, 2.75) is 105 Å². The van der Waals surface area contributed by atoms with Gasteiger partial charge in [-0.2, -0.15) is 0 Å². The number of carbonyl (C=O) groups is 6. The van der Waals surface area contributed by atoms with Crippen LogP contribution in [0.25, 0.3) is 65.4 Å². The number of aryl methyl sites for hydroxylation is 2. The van der Waals surface area contributed by atoms with E-state index in [0.29, 0.717) is 39.4 Å². The number of Topliss-reactive ketones (excluding diaryl/α,β-unsaturated/α-hetero) is 6. The van der Waals surface area contributed by atoms with E-state index in [-0.39, 0.29) is 60.4 Å². The largest absolute Gasteiger partial charge is 0.340 e. The molecule has 12 heteroatoms. The number of aromatic nitrogens is 3. The van der Waals surface area contributed by atoms with Crippen LogP contribution < -0.4 is 0 Å². The van der Waals surface area contributed by atoms with Gasteiger partial charge < -0.3 is 28.4 Å². The molecule has 10 rings (SSSR count). The average Bonchev–Trinajstić information content (AvgIpc) is 4.39. The molecule has 0 aliphatic carbocycles. The first-order chi connectivity index (χ1) is 37.6. The van der Waals surface area contributed by atoms with Gasteiger partial charge in [-0.3, -0.25) is 28.8 Å². The van der Waals surface area contributed by atoms with E-state index in [9.17, 15) is 28.8 Å². The van der Waals surface area contributed by atoms with Crippen molar-refractivity contribution < 1.29 is 28.8 Å². The molecule has 0 N–H and O–H groups in total. The van der Waals surface area contributed by atoms with E-state index < -0.39 is 0 Å². The number of ketones is 6. The zero-order chi connectivity index (χ0) is 54.9. The number of fused-ring (bicyclic) bond motifs is 9. The third-order valence-electron chi connectivity index (χ3n) is 16.7. The number of hydrogen-bond acceptors (Lipinski definition) is 9. The molecule has 0 saturated carbocycles. The molecule has 1 aliphatic rings. The summed E-state index contributed by atoms with van der Waals surface area (Å²) >= 11 is 0. The number of carbonyl (C=O) groups excluding carboxylic acids is 6. The maximum Gasteiger partial charge on any atom is 0.163 e. The van der Waals surface area contributed by atoms with Gasteiger partial charge in [-0.25, -0.2) is 0 Å². The predicted octanol–water partition coefficient (Wildman–Crippen LogP) is 12.9. The Bertz CT molecular complexity index is 3850. The average molecular weight is 1050 g/mol. The van der Waals surface area contributed by atoms with Crippen LogP contribution in [0.15, 0.2) is 109 Å². The summed E-state index contributed by atoms with van der Waals surface area (Å²) in [5, 5.41) is 5.39. The molecule has 1 aliphatic heterocycles. The molecule has 4 heterocycles. The second-order valence-corrected chi connectivity index (χ2v) is 21.9. The van der Waals surface area contributed by atoms with Crippen LogP contribution in [0.4, 0.5) is 0 Å². The lowest BCUT2D eigenvalue weighted by Gasteiger charge is -2.20. The fourth-order valence-corrected chi connectivity index (χ4v) is 12.1. The molecule has 0 radical (unpaired) electrons. The van der Waals surface area contributed by atoms with Crippen LogP contribution in [-0.4, -0.2) is 123 Å². The van der Waals surface area contributed by atoms with Gasteiger partial charge in [-0.15, -0.1) is 0 Å². The minimum atomic E-state index is -0.149. The Morgan fingerprint density at radius 1 is 0.462 bits per heavy atom. The summed E-state index contributed by atoms with van der Waals surface area (Å²) in [4.78, 5) is 88.1. The molecule has 402 valence electrons. The molecule has 9 aromatic rings. The van der Waals surface area contributed by atoms with E-state index in [0.717, 1.165) is 131 Å². The molecule has 1 unspecified atom stereocenters. The Kier molecular flexibility index (Phi) is 15.9. The highest BCUT2D eigenvalue weighted by molar-refractivity contribution is 6.16. The molecule has 1 atom stereocenters. The number of likely N-dealkylation sites (N-methyl/N-ethyl adjacent to an activating group) is 1. The van der Waals surface area contributed by atoms with Crippen LogP contribution in [0.5, 0.6) is 0 Å². The predicted molar refractivity (Wildman–Crippen MR) is 315 cm³/mol. The van der Waals surface area contributed by atoms with Gasteiger partial charge in [-0.05, 0) is 196 Å². The van der Waals surface area contributed by atoms with E-state index in [1.165, 1.54) is 12.8 Å². The monoisotopic (exact) mass is 1040 g/mol. The van der Waals surface area contributed by atoms with E-state index in [1.807, 2.05) is 123 Å². The van der Waals surface area contributed by atoms with Crippen LogP contribution in [-0.2, 0) is 19.6 Å². The summed E-state index contributed by atoms with van der Waals surface area (Å²) in [6, 6.07) is 35.2. The number of likely N-dealkylation sites (tertiary alicyclic amines) is 1. The van der Waals surface area contributed by atoms with Gasteiger partial charge in [0.1, 0.15) is 0 Å². The molecule has 3 aromatic heterocycles. The Morgan fingerprint density at radius 2 is 0.795 bits per heavy atom. The van der Waals surface area contributed by atoms with Crippen LogP contribution in [0.1, 0.15) is 141 Å². The summed E-state index contributed by atoms with van der Waals surface area (Å²) in [6.45, 7) is 14.5. The van der Waals surface area contributed by atoms with Gasteiger partial charge in [-0.1, -0.05) is 13.8 Å². The molecule has 6 aromatic carbocycles. The lowest BCUT2D eigenvalue weighted by Crippen LogP contribution is -2.26. The molecular formula is C66H72N6O6. The topological polar surface area (TPSA) is 127 Å². The van der Waals surface area contributed by atoms with Gasteiger partial charge in [0.15, 0.2) is 34.7 Å². The summed E-state index contributed by atoms with van der Waals surface area (Å²) in [5.41, 5.74) is 9.25. The number of nitrogens with zero attached hydrogens (tertiary/aromatic N) is 6. The van der Waals surface area contributed by atoms with Crippen molar-refractivity contribution in [3.8, 4) is 0 Å². The minimum Gasteiger partial charge on any atom is -0.340 e. The van der Waals surface area contributed by atoms with Crippen molar-refractivity contribution in [3.05, 3.63) is 143 Å². The minimum absolute atomic E-state index is 0.0130. The Labute approximate surface area is 456 Å². The maximum atomic E-state index is 14.1. The highest BCUT2D eigenvalue weighted by atomic mass is 16.1. The molecule has 0 spiro atoms. The number of benzene rings is 6. The van der Waals surface area contributed by atoms with Crippen LogP contribution in [0.2, 0.25) is 0 Å². The summed E-state index contributed by atoms with van der Waals surface area (Å²) < 4.78 is 6.84. The van der Waals surface area contributed by atoms with E-state index >= 15 is 0 Å². The maximum absolute atomic E-state index is 14.1. The summed E-state index contributed by atoms with van der Waals surface area (Å²) in [7, 11) is 6.29. The molecule has 0 amide bonds. The van der Waals surface area contributed by atoms with E-state index in [2.05, 4.69) is 49.3 Å². The highest BCUT2D eigenvalue weighted by Gasteiger charge is 2.24. The van der Waals surface area contributed by atoms with Crippen molar-refractivity contribution in [1.82, 2.24) is 28.4 Å². The van der Waals surface area contributed by atoms with Crippen molar-refractivity contribution in [1.29, 1.82) is 0 Å². The second kappa shape index (κ2) is 22.9. The fourth-order valence-electron chi connectivity index (χ4n) is 12.1. The second-order valence-electron chi connectivity index (χ2n) is 21.9. The van der Waals surface area contributed by atoms with E-state index in [1.54, 1.807) is 13.8 Å². The Hall–Kier alpha value is -7.38. The molecule has 1 fully saturated rings. The first-order valence-corrected chi connectivity index (χ1v) is 28.0. The zero-order valence-corrected chi connectivity index (χ0v) is 46.4. The fraction of sp³-hybridized carbons (Fsp3) is 0.364. The highest BCUT2D eigenvalue weighted by Crippen LogP contribution is 2.36. The van der Waals surface area contributed by atoms with Crippen LogP contribution in [0.3, 0.4) is 0 Å². The van der Waals surface area contributed by atoms with Gasteiger partial charge in [0.25, 0.3) is 0 Å². The first kappa shape index (κ1) is 54.0. The van der Waals surface area contributed by atoms with Gasteiger partial charge in [0, 0.05) is 157 Å². The summed E-state index contributed by atoms with van der Waals surface area (Å²) in [5.74, 6) is -0.588. The quantitative estimate of drug-likeness (QED) is 0.0544. The third-order valence-corrected chi connectivity index (χ3v) is 16.7. The molecule has 12 nitrogen and oxygen atoms in total. The van der Waals surface area contributed by atoms with Crippen molar-refractivity contribution in [3.63, 3.8) is 0 Å². The Balaban J connectivity index is 0.878. The number of hydrogen-bond donors (Lipinski definition) is 0. The van der Waals surface area contributed by atoms with Crippen molar-refractivity contribution in [2.75, 3.05) is 53.9 Å². The first-order valence-electron chi connectivity index (χ1n) is 28.0. The van der Waals surface area contributed by atoms with Gasteiger partial charge >= 0.3 is 0 Å². The molecular weight excluding hydrogens is 973 g/mol. The lowest BCUT2D eigenvalue weighted by atomic mass is 9.97. The third kappa shape index (κ3) is 10.8. The molecule has 78 heavy (non-hydrogen) atoms. The van der Waals surface area contributed by atoms with Crippen LogP contribution in [0, 0.1) is 0 Å². The Morgan fingerprint density at radius 3 is 1.12 bits per heavy atom. The lowest BCUT2D eigenvalue weighted by molar-refractivity contribution is 0.0917. The van der Waals surface area contributed by atoms with Gasteiger partial charge in [0.2, 0.25) is 0 Å². The van der Waals surface area contributed by atoms with Crippen molar-refractivity contribution in [2.24, 2.45) is 0 Å². The normalized spacial score (nSPS) is 14.2. The van der Waals surface area contributed by atoms with Crippen molar-refractivity contribution >= 4 is 100 Å². The number of rotatable bonds is 24. The molecule has 1 saturated heterocycles. The smallest absolute Gasteiger partial charge is 0.163 e. The summed E-state index contributed by atoms with van der Waals surface area (Å²) in [6.07, 6.45) is 4.39. The SMILES string of the molecule is CCN(CC)CCn1c2ccc(C(C)=O)cc2c2cc(C(=O)CCC(=O)c3ccc4c(c3)c3cc(C(=O)CCC(=O)c5ccc6c(c5)c5cc(C(C)=O)ccc5n6CCC5CCCN5C)ccc3n4CCCN(C)C)ccc21. The van der Waals surface area contributed by atoms with E-state index in [4.69, 9.17) is 0 Å². The van der Waals surface area contributed by atoms with Crippen LogP contribution >= 0.6 is 0 Å². The molecule has 0 bridgehead atoms.